The number of nitrogens with zero attached hydrogens (tertiary/aromatic N) is 1. The van der Waals surface area contributed by atoms with Crippen LogP contribution in [-0.4, -0.2) is 28.3 Å². The number of carbonyl (C=O) groups excluding carboxylic acids is 1. The number of alkyl halides is 9. The predicted octanol–water partition coefficient (Wildman–Crippen LogP) is 6.83. The van der Waals surface area contributed by atoms with Gasteiger partial charge in [0.1, 0.15) is 0 Å². The fourth-order valence-corrected chi connectivity index (χ4v) is 4.10. The highest BCUT2D eigenvalue weighted by Crippen LogP contribution is 2.37. The predicted molar refractivity (Wildman–Crippen MR) is 125 cm³/mol. The molecule has 1 aliphatic rings. The van der Waals surface area contributed by atoms with Gasteiger partial charge >= 0.3 is 30.5 Å². The Morgan fingerprint density at radius 2 is 1.46 bits per heavy atom. The Kier molecular flexibility index (Phi) is 9.19. The number of benzene rings is 2. The number of aryl methyl sites for hydroxylation is 1. The highest BCUT2D eigenvalue weighted by molar-refractivity contribution is 5.76. The number of amides is 2. The molecule has 2 aromatic carbocycles. The second-order valence-electron chi connectivity index (χ2n) is 8.70. The van der Waals surface area contributed by atoms with E-state index >= 15 is 0 Å². The first-order valence-corrected chi connectivity index (χ1v) is 11.6. The summed E-state index contributed by atoms with van der Waals surface area (Å²) >= 11 is 0. The van der Waals surface area contributed by atoms with E-state index < -0.39 is 53.4 Å². The third kappa shape index (κ3) is 8.11. The SMILES string of the molecule is O=C(N[C@@H](c1ccc(C(F)(F)F)cc1)c1ncccc1C(F)(F)F)N[C@H]1CCc2ccccc21.O=C(O)C(F)(F)F. The lowest BCUT2D eigenvalue weighted by Crippen LogP contribution is -2.40. The van der Waals surface area contributed by atoms with Gasteiger partial charge in [-0.2, -0.15) is 39.5 Å². The molecule has 0 aliphatic heterocycles. The number of halogens is 9. The molecule has 0 spiro atoms. The van der Waals surface area contributed by atoms with Gasteiger partial charge in [0.25, 0.3) is 0 Å². The number of aliphatic carboxylic acids is 1. The first kappa shape index (κ1) is 31.2. The van der Waals surface area contributed by atoms with Gasteiger partial charge in [-0.1, -0.05) is 36.4 Å². The minimum absolute atomic E-state index is 0.0270. The molecular weight excluding hydrogens is 573 g/mol. The van der Waals surface area contributed by atoms with Crippen molar-refractivity contribution >= 4 is 12.0 Å². The molecule has 0 bridgehead atoms. The number of fused-ring (bicyclic) bond motifs is 1. The Labute approximate surface area is 226 Å². The van der Waals surface area contributed by atoms with Crippen LogP contribution in [0.5, 0.6) is 0 Å². The lowest BCUT2D eigenvalue weighted by molar-refractivity contribution is -0.192. The standard InChI is InChI=1S/C24H19F6N3O.C2HF3O2/c25-23(26,27)16-10-7-15(8-11-16)20(21-18(24(28,29)30)6-3-13-31-21)33-22(34)32-19-12-9-14-4-1-2-5-17(14)19;3-2(4,5)1(6)7/h1-8,10-11,13,19-20H,9,12H2,(H2,32,33,34);(H,6,7)/t19-,20-;/m0./s1. The molecule has 0 saturated heterocycles. The maximum atomic E-state index is 13.7. The second kappa shape index (κ2) is 12.1. The maximum Gasteiger partial charge on any atom is 0.490 e. The van der Waals surface area contributed by atoms with Gasteiger partial charge in [-0.3, -0.25) is 4.98 Å². The van der Waals surface area contributed by atoms with Crippen molar-refractivity contribution in [1.29, 1.82) is 0 Å². The summed E-state index contributed by atoms with van der Waals surface area (Å²) in [7, 11) is 0. The number of urea groups is 1. The molecule has 0 fully saturated rings. The first-order valence-electron chi connectivity index (χ1n) is 11.6. The zero-order valence-electron chi connectivity index (χ0n) is 20.5. The molecule has 0 saturated carbocycles. The van der Waals surface area contributed by atoms with Crippen molar-refractivity contribution in [3.63, 3.8) is 0 Å². The highest BCUT2D eigenvalue weighted by Gasteiger charge is 2.39. The quantitative estimate of drug-likeness (QED) is 0.290. The average molecular weight is 593 g/mol. The largest absolute Gasteiger partial charge is 0.490 e. The Balaban J connectivity index is 0.000000587. The average Bonchev–Trinajstić information content (AvgIpc) is 3.29. The lowest BCUT2D eigenvalue weighted by Gasteiger charge is -2.24. The van der Waals surface area contributed by atoms with Gasteiger partial charge in [0.05, 0.1) is 28.9 Å². The number of hydrogen-bond acceptors (Lipinski definition) is 3. The van der Waals surface area contributed by atoms with Crippen LogP contribution in [0.15, 0.2) is 66.9 Å². The molecular formula is C26H20F9N3O3. The normalized spacial score (nSPS) is 15.7. The van der Waals surface area contributed by atoms with Crippen LogP contribution in [0.25, 0.3) is 0 Å². The van der Waals surface area contributed by atoms with E-state index in [2.05, 4.69) is 15.6 Å². The van der Waals surface area contributed by atoms with Crippen molar-refractivity contribution < 1.29 is 54.2 Å². The van der Waals surface area contributed by atoms with Crippen LogP contribution in [0.4, 0.5) is 44.3 Å². The zero-order valence-corrected chi connectivity index (χ0v) is 20.5. The van der Waals surface area contributed by atoms with E-state index in [0.29, 0.717) is 6.42 Å². The van der Waals surface area contributed by atoms with Crippen molar-refractivity contribution in [2.45, 2.75) is 43.5 Å². The van der Waals surface area contributed by atoms with E-state index in [-0.39, 0.29) is 11.6 Å². The third-order valence-electron chi connectivity index (χ3n) is 5.94. The van der Waals surface area contributed by atoms with E-state index in [1.807, 2.05) is 24.3 Å². The topological polar surface area (TPSA) is 91.3 Å². The first-order chi connectivity index (χ1) is 19.0. The van der Waals surface area contributed by atoms with Crippen LogP contribution < -0.4 is 10.6 Å². The molecule has 0 radical (unpaired) electrons. The Morgan fingerprint density at radius 3 is 2.02 bits per heavy atom. The van der Waals surface area contributed by atoms with Crippen LogP contribution in [0.1, 0.15) is 52.0 Å². The summed E-state index contributed by atoms with van der Waals surface area (Å²) in [6, 6.07) is 10.5. The molecule has 15 heteroatoms. The molecule has 3 N–H and O–H groups in total. The van der Waals surface area contributed by atoms with E-state index in [4.69, 9.17) is 9.90 Å². The molecule has 220 valence electrons. The number of hydrogen-bond donors (Lipinski definition) is 3. The highest BCUT2D eigenvalue weighted by atomic mass is 19.4. The monoisotopic (exact) mass is 593 g/mol. The van der Waals surface area contributed by atoms with Crippen molar-refractivity contribution in [3.05, 3.63) is 100 Å². The van der Waals surface area contributed by atoms with Crippen molar-refractivity contribution in [3.8, 4) is 0 Å². The summed E-state index contributed by atoms with van der Waals surface area (Å²) in [6.07, 6.45) is -12.0. The van der Waals surface area contributed by atoms with E-state index in [1.165, 1.54) is 0 Å². The molecule has 0 unspecified atom stereocenters. The van der Waals surface area contributed by atoms with Gasteiger partial charge < -0.3 is 15.7 Å². The second-order valence-corrected chi connectivity index (χ2v) is 8.70. The number of carboxylic acid groups (broad SMARTS) is 1. The van der Waals surface area contributed by atoms with Crippen LogP contribution in [0.2, 0.25) is 0 Å². The fraction of sp³-hybridized carbons (Fsp3) is 0.269. The van der Waals surface area contributed by atoms with Gasteiger partial charge in [-0.05, 0) is 53.8 Å². The van der Waals surface area contributed by atoms with Crippen molar-refractivity contribution in [2.24, 2.45) is 0 Å². The smallest absolute Gasteiger partial charge is 0.475 e. The van der Waals surface area contributed by atoms with E-state index in [9.17, 15) is 44.3 Å². The molecule has 1 heterocycles. The van der Waals surface area contributed by atoms with Crippen molar-refractivity contribution in [2.75, 3.05) is 0 Å². The summed E-state index contributed by atoms with van der Waals surface area (Å²) in [5, 5.41) is 12.4. The van der Waals surface area contributed by atoms with E-state index in [0.717, 1.165) is 60.1 Å². The molecule has 1 aromatic heterocycles. The van der Waals surface area contributed by atoms with Crippen LogP contribution in [0, 0.1) is 0 Å². The number of rotatable bonds is 4. The number of nitrogens with one attached hydrogen (secondary N) is 2. The number of carbonyl (C=O) groups is 2. The minimum atomic E-state index is -5.08. The summed E-state index contributed by atoms with van der Waals surface area (Å²) in [6.45, 7) is 0. The molecule has 1 aliphatic carbocycles. The summed E-state index contributed by atoms with van der Waals surface area (Å²) < 4.78 is 112. The molecule has 41 heavy (non-hydrogen) atoms. The van der Waals surface area contributed by atoms with Gasteiger partial charge in [-0.25, -0.2) is 9.59 Å². The number of pyridine rings is 1. The molecule has 6 nitrogen and oxygen atoms in total. The third-order valence-corrected chi connectivity index (χ3v) is 5.94. The molecule has 2 amide bonds. The molecule has 2 atom stereocenters. The minimum Gasteiger partial charge on any atom is -0.475 e. The van der Waals surface area contributed by atoms with Crippen molar-refractivity contribution in [1.82, 2.24) is 15.6 Å². The number of aromatic nitrogens is 1. The number of carboxylic acids is 1. The van der Waals surface area contributed by atoms with Crippen LogP contribution in [-0.2, 0) is 23.6 Å². The molecule has 4 rings (SSSR count). The van der Waals surface area contributed by atoms with Gasteiger partial charge in [-0.15, -0.1) is 0 Å². The fourth-order valence-electron chi connectivity index (χ4n) is 4.10. The van der Waals surface area contributed by atoms with Gasteiger partial charge in [0, 0.05) is 6.20 Å². The van der Waals surface area contributed by atoms with Crippen LogP contribution in [0.3, 0.4) is 0 Å². The zero-order chi connectivity index (χ0) is 30.6. The maximum absolute atomic E-state index is 13.7. The summed E-state index contributed by atoms with van der Waals surface area (Å²) in [5.41, 5.74) is -0.560. The Bertz CT molecular complexity index is 1370. The lowest BCUT2D eigenvalue weighted by atomic mass is 9.98. The summed E-state index contributed by atoms with van der Waals surface area (Å²) in [5.74, 6) is -2.76. The Morgan fingerprint density at radius 1 is 0.854 bits per heavy atom. The van der Waals surface area contributed by atoms with Gasteiger partial charge in [0.15, 0.2) is 0 Å². The van der Waals surface area contributed by atoms with E-state index in [1.54, 1.807) is 0 Å². The Hall–Kier alpha value is -4.30. The molecule has 3 aromatic rings. The van der Waals surface area contributed by atoms with Gasteiger partial charge in [0.2, 0.25) is 0 Å². The summed E-state index contributed by atoms with van der Waals surface area (Å²) in [4.78, 5) is 25.6. The van der Waals surface area contributed by atoms with Crippen LogP contribution >= 0.6 is 0 Å².